The first-order chi connectivity index (χ1) is 18.4. The van der Waals surface area contributed by atoms with Gasteiger partial charge in [-0.25, -0.2) is 4.79 Å². The van der Waals surface area contributed by atoms with Gasteiger partial charge in [-0.1, -0.05) is 61.5 Å². The Morgan fingerprint density at radius 1 is 1.03 bits per heavy atom. The smallest absolute Gasteiger partial charge is 0.408 e. The predicted octanol–water partition coefficient (Wildman–Crippen LogP) is 3.70. The van der Waals surface area contributed by atoms with E-state index in [0.29, 0.717) is 12.0 Å². The number of hydrogen-bond donors (Lipinski definition) is 2. The van der Waals surface area contributed by atoms with Gasteiger partial charge < -0.3 is 25.0 Å². The van der Waals surface area contributed by atoms with Crippen molar-refractivity contribution in [3.05, 3.63) is 71.3 Å². The second-order valence-corrected chi connectivity index (χ2v) is 11.0. The molecule has 1 aliphatic rings. The molecule has 2 N–H and O–H groups in total. The molecular formula is C30H39N3O6. The zero-order valence-corrected chi connectivity index (χ0v) is 23.5. The zero-order valence-electron chi connectivity index (χ0n) is 23.5. The summed E-state index contributed by atoms with van der Waals surface area (Å²) in [5, 5.41) is 5.39. The molecule has 0 heterocycles. The molecule has 2 aromatic carbocycles. The highest BCUT2D eigenvalue weighted by Crippen LogP contribution is 2.41. The van der Waals surface area contributed by atoms with Gasteiger partial charge in [-0.2, -0.15) is 0 Å². The molecule has 0 saturated heterocycles. The van der Waals surface area contributed by atoms with Crippen LogP contribution in [0.2, 0.25) is 0 Å². The van der Waals surface area contributed by atoms with E-state index in [1.54, 1.807) is 31.7 Å². The van der Waals surface area contributed by atoms with Crippen LogP contribution in [-0.2, 0) is 30.3 Å². The molecule has 4 unspecified atom stereocenters. The number of rotatable bonds is 10. The Bertz CT molecular complexity index is 1180. The number of nitrogens with one attached hydrogen (secondary N) is 2. The van der Waals surface area contributed by atoms with E-state index >= 15 is 0 Å². The minimum atomic E-state index is -1.02. The van der Waals surface area contributed by atoms with Crippen molar-refractivity contribution in [2.75, 3.05) is 13.7 Å². The van der Waals surface area contributed by atoms with Crippen LogP contribution >= 0.6 is 0 Å². The van der Waals surface area contributed by atoms with Crippen molar-refractivity contribution in [1.29, 1.82) is 0 Å². The maximum Gasteiger partial charge on any atom is 0.408 e. The average molecular weight is 538 g/mol. The van der Waals surface area contributed by atoms with E-state index in [0.717, 1.165) is 11.1 Å². The van der Waals surface area contributed by atoms with Crippen LogP contribution in [0.1, 0.15) is 56.8 Å². The Morgan fingerprint density at radius 2 is 1.64 bits per heavy atom. The molecule has 3 rings (SSSR count). The van der Waals surface area contributed by atoms with Crippen LogP contribution in [0.25, 0.3) is 0 Å². The maximum absolute atomic E-state index is 14.4. The van der Waals surface area contributed by atoms with Crippen LogP contribution in [0.4, 0.5) is 4.79 Å². The standard InChI is InChI=1S/C30H39N3O6/c1-19-12-10-11-15-22(19)26(27(35)31-18-25(34)38-6)33(24-16-20(24)2)28(36)23(17-21-13-8-7-9-14-21)32-29(37)39-30(3,4)5/h7-15,20,23-24,26H,16-18H2,1-6H3,(H,31,35)(H,32,37). The first kappa shape index (κ1) is 29.7. The maximum atomic E-state index is 14.4. The molecule has 2 aromatic rings. The molecule has 9 heteroatoms. The van der Waals surface area contributed by atoms with E-state index in [2.05, 4.69) is 15.4 Å². The molecule has 1 fully saturated rings. The molecule has 210 valence electrons. The SMILES string of the molecule is COC(=O)CNC(=O)C(c1ccccc1C)N(C(=O)C(Cc1ccccc1)NC(=O)OC(C)(C)C)C1CC1C. The van der Waals surface area contributed by atoms with Gasteiger partial charge in [0.05, 0.1) is 7.11 Å². The normalized spacial score (nSPS) is 17.8. The summed E-state index contributed by atoms with van der Waals surface area (Å²) in [7, 11) is 1.24. The first-order valence-electron chi connectivity index (χ1n) is 13.2. The summed E-state index contributed by atoms with van der Waals surface area (Å²) in [6, 6.07) is 14.5. The fraction of sp³-hybridized carbons (Fsp3) is 0.467. The van der Waals surface area contributed by atoms with Gasteiger partial charge in [-0.3, -0.25) is 14.4 Å². The van der Waals surface area contributed by atoms with Crippen LogP contribution in [-0.4, -0.2) is 60.1 Å². The Morgan fingerprint density at radius 3 is 2.21 bits per heavy atom. The van der Waals surface area contributed by atoms with Gasteiger partial charge in [0.25, 0.3) is 0 Å². The highest BCUT2D eigenvalue weighted by Gasteiger charge is 2.48. The molecule has 1 aliphatic carbocycles. The van der Waals surface area contributed by atoms with Crippen LogP contribution in [0.3, 0.4) is 0 Å². The van der Waals surface area contributed by atoms with Gasteiger partial charge in [0.2, 0.25) is 11.8 Å². The third-order valence-corrected chi connectivity index (χ3v) is 6.59. The lowest BCUT2D eigenvalue weighted by atomic mass is 9.96. The van der Waals surface area contributed by atoms with Gasteiger partial charge in [0.15, 0.2) is 0 Å². The number of methoxy groups -OCH3 is 1. The highest BCUT2D eigenvalue weighted by molar-refractivity contribution is 5.94. The summed E-state index contributed by atoms with van der Waals surface area (Å²) in [5.74, 6) is -1.34. The minimum Gasteiger partial charge on any atom is -0.468 e. The van der Waals surface area contributed by atoms with Crippen molar-refractivity contribution in [3.8, 4) is 0 Å². The van der Waals surface area contributed by atoms with Crippen molar-refractivity contribution >= 4 is 23.9 Å². The zero-order chi connectivity index (χ0) is 28.7. The fourth-order valence-corrected chi connectivity index (χ4v) is 4.49. The van der Waals surface area contributed by atoms with E-state index in [-0.39, 0.29) is 24.9 Å². The van der Waals surface area contributed by atoms with Gasteiger partial charge in [-0.15, -0.1) is 0 Å². The average Bonchev–Trinajstić information content (AvgIpc) is 3.60. The van der Waals surface area contributed by atoms with Crippen molar-refractivity contribution in [3.63, 3.8) is 0 Å². The highest BCUT2D eigenvalue weighted by atomic mass is 16.6. The molecule has 0 aromatic heterocycles. The van der Waals surface area contributed by atoms with E-state index < -0.39 is 41.6 Å². The lowest BCUT2D eigenvalue weighted by Gasteiger charge is -2.35. The molecule has 0 radical (unpaired) electrons. The number of carbonyl (C=O) groups is 4. The van der Waals surface area contributed by atoms with E-state index in [4.69, 9.17) is 4.74 Å². The summed E-state index contributed by atoms with van der Waals surface area (Å²) in [6.45, 7) is 8.80. The Hall–Kier alpha value is -3.88. The third-order valence-electron chi connectivity index (χ3n) is 6.59. The molecular weight excluding hydrogens is 498 g/mol. The van der Waals surface area contributed by atoms with Gasteiger partial charge in [0, 0.05) is 12.5 Å². The number of aryl methyl sites for hydroxylation is 1. The van der Waals surface area contributed by atoms with E-state index in [1.165, 1.54) is 7.11 Å². The number of carbonyl (C=O) groups excluding carboxylic acids is 4. The summed E-state index contributed by atoms with van der Waals surface area (Å²) in [5.41, 5.74) is 1.55. The van der Waals surface area contributed by atoms with Gasteiger partial charge >= 0.3 is 12.1 Å². The predicted molar refractivity (Wildman–Crippen MR) is 147 cm³/mol. The summed E-state index contributed by atoms with van der Waals surface area (Å²) in [6.07, 6.45) is 0.201. The Balaban J connectivity index is 2.03. The molecule has 0 bridgehead atoms. The van der Waals surface area contributed by atoms with Crippen molar-refractivity contribution in [2.45, 2.75) is 71.2 Å². The summed E-state index contributed by atoms with van der Waals surface area (Å²) in [4.78, 5) is 54.3. The Kier molecular flexibility index (Phi) is 9.72. The minimum absolute atomic E-state index is 0.160. The third kappa shape index (κ3) is 8.30. The monoisotopic (exact) mass is 537 g/mol. The summed E-state index contributed by atoms with van der Waals surface area (Å²) >= 11 is 0. The molecule has 9 nitrogen and oxygen atoms in total. The number of alkyl carbamates (subject to hydrolysis) is 1. The molecule has 4 atom stereocenters. The number of esters is 1. The van der Waals surface area contributed by atoms with Gasteiger partial charge in [0.1, 0.15) is 24.2 Å². The van der Waals surface area contributed by atoms with Crippen LogP contribution in [0.15, 0.2) is 54.6 Å². The molecule has 0 spiro atoms. The molecule has 1 saturated carbocycles. The van der Waals surface area contributed by atoms with E-state index in [1.807, 2.05) is 62.4 Å². The van der Waals surface area contributed by atoms with Crippen molar-refractivity contribution < 1.29 is 28.7 Å². The van der Waals surface area contributed by atoms with Crippen molar-refractivity contribution in [2.24, 2.45) is 5.92 Å². The molecule has 39 heavy (non-hydrogen) atoms. The van der Waals surface area contributed by atoms with E-state index in [9.17, 15) is 19.2 Å². The lowest BCUT2D eigenvalue weighted by molar-refractivity contribution is -0.145. The lowest BCUT2D eigenvalue weighted by Crippen LogP contribution is -2.55. The number of benzene rings is 2. The number of ether oxygens (including phenoxy) is 2. The van der Waals surface area contributed by atoms with Crippen LogP contribution in [0, 0.1) is 12.8 Å². The number of nitrogens with zero attached hydrogens (tertiary/aromatic N) is 1. The number of amides is 3. The van der Waals surface area contributed by atoms with Crippen LogP contribution in [0.5, 0.6) is 0 Å². The van der Waals surface area contributed by atoms with Gasteiger partial charge in [-0.05, 0) is 56.7 Å². The second-order valence-electron chi connectivity index (χ2n) is 11.0. The van der Waals surface area contributed by atoms with Crippen molar-refractivity contribution in [1.82, 2.24) is 15.5 Å². The first-order valence-corrected chi connectivity index (χ1v) is 13.2. The molecule has 3 amide bonds. The topological polar surface area (TPSA) is 114 Å². The quantitative estimate of drug-likeness (QED) is 0.447. The fourth-order valence-electron chi connectivity index (χ4n) is 4.49. The second kappa shape index (κ2) is 12.8. The number of hydrogen-bond acceptors (Lipinski definition) is 6. The van der Waals surface area contributed by atoms with Crippen LogP contribution < -0.4 is 10.6 Å². The largest absolute Gasteiger partial charge is 0.468 e. The summed E-state index contributed by atoms with van der Waals surface area (Å²) < 4.78 is 10.2. The molecule has 0 aliphatic heterocycles. The Labute approximate surface area is 230 Å².